The largest absolute Gasteiger partial charge is 0.416 e. The standard InChI is InChI=1S/C32H34F3N3O2/c1-3-4-18-38(31(40)25-13-15-27(16-14-25)32(33,34)35)22-30(39)37(21-24-11-9-23(2)10-12-24)19-17-26-20-36-29-8-6-5-7-28(26)29/h5-16,20,36H,3-4,17-19,21-22H2,1-2H3. The number of H-pyrrole nitrogens is 1. The predicted molar refractivity (Wildman–Crippen MR) is 151 cm³/mol. The average molecular weight is 550 g/mol. The average Bonchev–Trinajstić information content (AvgIpc) is 3.36. The number of hydrogen-bond donors (Lipinski definition) is 1. The van der Waals surface area contributed by atoms with E-state index in [0.717, 1.165) is 46.1 Å². The summed E-state index contributed by atoms with van der Waals surface area (Å²) in [5, 5.41) is 1.10. The van der Waals surface area contributed by atoms with E-state index in [2.05, 4.69) is 4.98 Å². The summed E-state index contributed by atoms with van der Waals surface area (Å²) < 4.78 is 39.1. The number of nitrogens with zero attached hydrogens (tertiary/aromatic N) is 2. The number of hydrogen-bond acceptors (Lipinski definition) is 2. The molecule has 0 spiro atoms. The Hall–Kier alpha value is -4.07. The van der Waals surface area contributed by atoms with Crippen molar-refractivity contribution >= 4 is 22.7 Å². The van der Waals surface area contributed by atoms with E-state index in [9.17, 15) is 22.8 Å². The van der Waals surface area contributed by atoms with E-state index in [1.54, 1.807) is 4.90 Å². The number of carbonyl (C=O) groups excluding carboxylic acids is 2. The number of para-hydroxylation sites is 1. The van der Waals surface area contributed by atoms with Crippen LogP contribution in [0.4, 0.5) is 13.2 Å². The Morgan fingerprint density at radius 3 is 2.25 bits per heavy atom. The molecular formula is C32H34F3N3O2. The molecule has 0 radical (unpaired) electrons. The second-order valence-electron chi connectivity index (χ2n) is 10.1. The van der Waals surface area contributed by atoms with Crippen LogP contribution in [0.5, 0.6) is 0 Å². The minimum Gasteiger partial charge on any atom is -0.361 e. The summed E-state index contributed by atoms with van der Waals surface area (Å²) in [6, 6.07) is 20.1. The number of fused-ring (bicyclic) bond motifs is 1. The number of rotatable bonds is 11. The van der Waals surface area contributed by atoms with Crippen LogP contribution in [0.25, 0.3) is 10.9 Å². The summed E-state index contributed by atoms with van der Waals surface area (Å²) in [6.45, 7) is 5.00. The molecule has 0 saturated heterocycles. The van der Waals surface area contributed by atoms with Gasteiger partial charge >= 0.3 is 6.18 Å². The van der Waals surface area contributed by atoms with Crippen LogP contribution < -0.4 is 0 Å². The number of halogens is 3. The van der Waals surface area contributed by atoms with Gasteiger partial charge in [0.1, 0.15) is 6.54 Å². The SMILES string of the molecule is CCCCN(CC(=O)N(CCc1c[nH]c2ccccc12)Cc1ccc(C)cc1)C(=O)c1ccc(C(F)(F)F)cc1. The predicted octanol–water partition coefficient (Wildman–Crippen LogP) is 7.01. The van der Waals surface area contributed by atoms with Gasteiger partial charge in [0.05, 0.1) is 5.56 Å². The second-order valence-corrected chi connectivity index (χ2v) is 10.1. The number of benzene rings is 3. The summed E-state index contributed by atoms with van der Waals surface area (Å²) in [7, 11) is 0. The lowest BCUT2D eigenvalue weighted by molar-refractivity contribution is -0.137. The molecule has 0 saturated carbocycles. The fraction of sp³-hybridized carbons (Fsp3) is 0.312. The molecule has 0 atom stereocenters. The molecular weight excluding hydrogens is 515 g/mol. The first-order valence-corrected chi connectivity index (χ1v) is 13.5. The summed E-state index contributed by atoms with van der Waals surface area (Å²) in [5.74, 6) is -0.667. The molecule has 0 unspecified atom stereocenters. The van der Waals surface area contributed by atoms with Crippen molar-refractivity contribution in [3.05, 3.63) is 107 Å². The van der Waals surface area contributed by atoms with Crippen molar-refractivity contribution in [1.29, 1.82) is 0 Å². The van der Waals surface area contributed by atoms with E-state index < -0.39 is 17.6 Å². The van der Waals surface area contributed by atoms with Gasteiger partial charge in [-0.05, 0) is 61.2 Å². The molecule has 4 rings (SSSR count). The number of aromatic nitrogens is 1. The number of aryl methyl sites for hydroxylation is 1. The molecule has 8 heteroatoms. The van der Waals surface area contributed by atoms with Gasteiger partial charge in [-0.2, -0.15) is 13.2 Å². The quantitative estimate of drug-likeness (QED) is 0.219. The zero-order valence-corrected chi connectivity index (χ0v) is 22.8. The van der Waals surface area contributed by atoms with Gasteiger partial charge in [0.25, 0.3) is 5.91 Å². The van der Waals surface area contributed by atoms with Gasteiger partial charge in [0.2, 0.25) is 5.91 Å². The van der Waals surface area contributed by atoms with Crippen molar-refractivity contribution in [1.82, 2.24) is 14.8 Å². The highest BCUT2D eigenvalue weighted by Crippen LogP contribution is 2.29. The highest BCUT2D eigenvalue weighted by Gasteiger charge is 2.31. The summed E-state index contributed by atoms with van der Waals surface area (Å²) in [6.07, 6.45) is -0.420. The highest BCUT2D eigenvalue weighted by molar-refractivity contribution is 5.96. The molecule has 3 aromatic carbocycles. The summed E-state index contributed by atoms with van der Waals surface area (Å²) in [4.78, 5) is 33.5. The molecule has 4 aromatic rings. The lowest BCUT2D eigenvalue weighted by Crippen LogP contribution is -2.43. The minimum absolute atomic E-state index is 0.126. The third-order valence-corrected chi connectivity index (χ3v) is 7.03. The van der Waals surface area contributed by atoms with Crippen molar-refractivity contribution in [3.8, 4) is 0 Å². The third-order valence-electron chi connectivity index (χ3n) is 7.03. The van der Waals surface area contributed by atoms with Crippen LogP contribution in [0.3, 0.4) is 0 Å². The van der Waals surface area contributed by atoms with E-state index >= 15 is 0 Å². The van der Waals surface area contributed by atoms with Crippen LogP contribution in [0.2, 0.25) is 0 Å². The first kappa shape index (κ1) is 28.9. The zero-order chi connectivity index (χ0) is 28.7. The molecule has 210 valence electrons. The van der Waals surface area contributed by atoms with Crippen molar-refractivity contribution in [3.63, 3.8) is 0 Å². The Balaban J connectivity index is 1.54. The van der Waals surface area contributed by atoms with Crippen LogP contribution in [0, 0.1) is 6.92 Å². The highest BCUT2D eigenvalue weighted by atomic mass is 19.4. The Bertz CT molecular complexity index is 1430. The maximum atomic E-state index is 13.7. The van der Waals surface area contributed by atoms with Gasteiger partial charge < -0.3 is 14.8 Å². The zero-order valence-electron chi connectivity index (χ0n) is 22.8. The van der Waals surface area contributed by atoms with Crippen molar-refractivity contribution in [2.24, 2.45) is 0 Å². The molecule has 1 N–H and O–H groups in total. The number of amides is 2. The number of carbonyl (C=O) groups is 2. The van der Waals surface area contributed by atoms with Crippen molar-refractivity contribution in [2.45, 2.75) is 45.8 Å². The normalized spacial score (nSPS) is 11.5. The van der Waals surface area contributed by atoms with Gasteiger partial charge in [-0.1, -0.05) is 61.4 Å². The number of unbranched alkanes of at least 4 members (excludes halogenated alkanes) is 1. The Kier molecular flexibility index (Phi) is 9.30. The molecule has 0 bridgehead atoms. The Morgan fingerprint density at radius 1 is 0.875 bits per heavy atom. The maximum absolute atomic E-state index is 13.7. The van der Waals surface area contributed by atoms with E-state index in [1.165, 1.54) is 17.0 Å². The van der Waals surface area contributed by atoms with Gasteiger partial charge in [-0.25, -0.2) is 0 Å². The van der Waals surface area contributed by atoms with E-state index in [1.807, 2.05) is 68.6 Å². The van der Waals surface area contributed by atoms with Gasteiger partial charge in [0.15, 0.2) is 0 Å². The number of aromatic amines is 1. The maximum Gasteiger partial charge on any atom is 0.416 e. The van der Waals surface area contributed by atoms with Gasteiger partial charge in [-0.15, -0.1) is 0 Å². The molecule has 0 aliphatic rings. The third kappa shape index (κ3) is 7.31. The van der Waals surface area contributed by atoms with Crippen molar-refractivity contribution < 1.29 is 22.8 Å². The van der Waals surface area contributed by atoms with Crippen molar-refractivity contribution in [2.75, 3.05) is 19.6 Å². The second kappa shape index (κ2) is 12.9. The molecule has 0 fully saturated rings. The monoisotopic (exact) mass is 549 g/mol. The summed E-state index contributed by atoms with van der Waals surface area (Å²) in [5.41, 5.74) is 3.53. The van der Waals surface area contributed by atoms with Crippen LogP contribution in [0.1, 0.15) is 52.4 Å². The van der Waals surface area contributed by atoms with Crippen LogP contribution >= 0.6 is 0 Å². The van der Waals surface area contributed by atoms with Crippen LogP contribution in [-0.2, 0) is 23.9 Å². The molecule has 40 heavy (non-hydrogen) atoms. The molecule has 1 heterocycles. The lowest BCUT2D eigenvalue weighted by atomic mass is 10.1. The minimum atomic E-state index is -4.49. The lowest BCUT2D eigenvalue weighted by Gasteiger charge is -2.28. The summed E-state index contributed by atoms with van der Waals surface area (Å²) >= 11 is 0. The van der Waals surface area contributed by atoms with Gasteiger partial charge in [-0.3, -0.25) is 9.59 Å². The van der Waals surface area contributed by atoms with Crippen LogP contribution in [-0.4, -0.2) is 46.2 Å². The number of alkyl halides is 3. The van der Waals surface area contributed by atoms with E-state index in [4.69, 9.17) is 0 Å². The Labute approximate surface area is 232 Å². The van der Waals surface area contributed by atoms with Crippen LogP contribution in [0.15, 0.2) is 79.0 Å². The molecule has 0 aliphatic heterocycles. The fourth-order valence-corrected chi connectivity index (χ4v) is 4.65. The molecule has 5 nitrogen and oxygen atoms in total. The first-order valence-electron chi connectivity index (χ1n) is 13.5. The smallest absolute Gasteiger partial charge is 0.361 e. The topological polar surface area (TPSA) is 56.4 Å². The first-order chi connectivity index (χ1) is 19.2. The Morgan fingerprint density at radius 2 is 1.57 bits per heavy atom. The van der Waals surface area contributed by atoms with E-state index in [-0.39, 0.29) is 18.0 Å². The number of nitrogens with one attached hydrogen (secondary N) is 1. The van der Waals surface area contributed by atoms with Gasteiger partial charge in [0, 0.05) is 42.3 Å². The van der Waals surface area contributed by atoms with E-state index in [0.29, 0.717) is 32.5 Å². The molecule has 2 amide bonds. The molecule has 0 aliphatic carbocycles. The molecule has 1 aromatic heterocycles. The fourth-order valence-electron chi connectivity index (χ4n) is 4.65.